The van der Waals surface area contributed by atoms with Crippen LogP contribution in [0.4, 0.5) is 13.2 Å². The van der Waals surface area contributed by atoms with Gasteiger partial charge < -0.3 is 14.5 Å². The van der Waals surface area contributed by atoms with Gasteiger partial charge in [0, 0.05) is 37.6 Å². The normalized spacial score (nSPS) is 18.2. The van der Waals surface area contributed by atoms with E-state index in [9.17, 15) is 18.0 Å². The maximum atomic E-state index is 12.7. The quantitative estimate of drug-likeness (QED) is 0.737. The van der Waals surface area contributed by atoms with Crippen LogP contribution in [0.25, 0.3) is 0 Å². The van der Waals surface area contributed by atoms with Crippen LogP contribution in [-0.4, -0.2) is 69.3 Å². The number of aliphatic carboxylic acids is 1. The lowest BCUT2D eigenvalue weighted by Gasteiger charge is -2.39. The second kappa shape index (κ2) is 9.90. The maximum Gasteiger partial charge on any atom is 0.490 e. The number of amides is 1. The van der Waals surface area contributed by atoms with Gasteiger partial charge in [-0.2, -0.15) is 13.2 Å². The lowest BCUT2D eigenvalue weighted by molar-refractivity contribution is -0.192. The van der Waals surface area contributed by atoms with Gasteiger partial charge in [0.05, 0.1) is 11.3 Å². The third-order valence-electron chi connectivity index (χ3n) is 6.36. The number of halogens is 3. The molecule has 0 aliphatic carbocycles. The number of likely N-dealkylation sites (tertiary alicyclic amines) is 2. The van der Waals surface area contributed by atoms with Crippen molar-refractivity contribution in [2.24, 2.45) is 5.41 Å². The highest BCUT2D eigenvalue weighted by Gasteiger charge is 2.42. The monoisotopic (exact) mass is 468 g/mol. The second-order valence-electron chi connectivity index (χ2n) is 8.60. The average molecular weight is 468 g/mol. The van der Waals surface area contributed by atoms with Crippen molar-refractivity contribution in [3.63, 3.8) is 0 Å². The number of alkyl halides is 3. The van der Waals surface area contributed by atoms with Crippen LogP contribution in [0.3, 0.4) is 0 Å². The van der Waals surface area contributed by atoms with Crippen LogP contribution in [0.15, 0.2) is 29.0 Å². The van der Waals surface area contributed by atoms with Crippen LogP contribution < -0.4 is 0 Å². The fourth-order valence-corrected chi connectivity index (χ4v) is 4.33. The Hall–Kier alpha value is -2.95. The maximum absolute atomic E-state index is 12.7. The third-order valence-corrected chi connectivity index (χ3v) is 6.36. The Bertz CT molecular complexity index is 950. The molecule has 2 aromatic rings. The van der Waals surface area contributed by atoms with E-state index in [1.54, 1.807) is 12.4 Å². The topological polar surface area (TPSA) is 99.8 Å². The van der Waals surface area contributed by atoms with Crippen LogP contribution in [0.1, 0.15) is 46.6 Å². The summed E-state index contributed by atoms with van der Waals surface area (Å²) in [4.78, 5) is 30.2. The molecule has 2 aromatic heterocycles. The average Bonchev–Trinajstić information content (AvgIpc) is 3.34. The van der Waals surface area contributed by atoms with Crippen molar-refractivity contribution in [1.29, 1.82) is 0 Å². The number of pyridine rings is 1. The molecule has 1 N–H and O–H groups in total. The number of aromatic nitrogens is 2. The van der Waals surface area contributed by atoms with Gasteiger partial charge in [-0.25, -0.2) is 4.79 Å². The van der Waals surface area contributed by atoms with Crippen molar-refractivity contribution in [3.05, 3.63) is 47.1 Å². The number of carboxylic acids is 1. The summed E-state index contributed by atoms with van der Waals surface area (Å²) in [6.07, 6.45) is 1.69. The van der Waals surface area contributed by atoms with Crippen molar-refractivity contribution in [1.82, 2.24) is 19.9 Å². The van der Waals surface area contributed by atoms with E-state index in [1.165, 1.54) is 5.56 Å². The zero-order valence-corrected chi connectivity index (χ0v) is 18.6. The van der Waals surface area contributed by atoms with Crippen molar-refractivity contribution in [3.8, 4) is 0 Å². The second-order valence-corrected chi connectivity index (χ2v) is 8.60. The summed E-state index contributed by atoms with van der Waals surface area (Å²) < 4.78 is 37.0. The number of nitrogens with zero attached hydrogens (tertiary/aromatic N) is 4. The summed E-state index contributed by atoms with van der Waals surface area (Å²) in [6.45, 7) is 8.78. The predicted octanol–water partition coefficient (Wildman–Crippen LogP) is 3.45. The summed E-state index contributed by atoms with van der Waals surface area (Å²) in [5.41, 5.74) is 3.20. The third kappa shape index (κ3) is 6.10. The highest BCUT2D eigenvalue weighted by atomic mass is 19.4. The van der Waals surface area contributed by atoms with E-state index in [1.807, 2.05) is 30.9 Å². The first kappa shape index (κ1) is 24.7. The smallest absolute Gasteiger partial charge is 0.475 e. The van der Waals surface area contributed by atoms with Crippen LogP contribution in [0.5, 0.6) is 0 Å². The Labute approximate surface area is 189 Å². The molecule has 11 heteroatoms. The standard InChI is InChI=1S/C20H26N4O2.C2HF3O2/c1-15-18(16(2)26-22-15)13-23-9-5-20(6-10-23)7-11-24(14-20)19(25)17-4-3-8-21-12-17;3-2(4,5)1(6)7/h3-4,8,12H,5-7,9-11,13-14H2,1-2H3;(H,6,7). The minimum Gasteiger partial charge on any atom is -0.475 e. The Balaban J connectivity index is 0.000000383. The van der Waals surface area contributed by atoms with Crippen molar-refractivity contribution in [2.45, 2.75) is 45.8 Å². The predicted molar refractivity (Wildman–Crippen MR) is 111 cm³/mol. The van der Waals surface area contributed by atoms with Crippen molar-refractivity contribution >= 4 is 11.9 Å². The number of rotatable bonds is 3. The molecule has 0 atom stereocenters. The number of aryl methyl sites for hydroxylation is 2. The SMILES string of the molecule is Cc1noc(C)c1CN1CCC2(CC1)CCN(C(=O)c1cccnc1)C2.O=C(O)C(F)(F)F. The van der Waals surface area contributed by atoms with Gasteiger partial charge >= 0.3 is 12.1 Å². The van der Waals surface area contributed by atoms with Gasteiger partial charge in [0.15, 0.2) is 0 Å². The van der Waals surface area contributed by atoms with E-state index >= 15 is 0 Å². The van der Waals surface area contributed by atoms with Gasteiger partial charge in [0.1, 0.15) is 5.76 Å². The van der Waals surface area contributed by atoms with E-state index in [0.29, 0.717) is 5.56 Å². The minimum atomic E-state index is -5.08. The number of carbonyl (C=O) groups excluding carboxylic acids is 1. The zero-order valence-electron chi connectivity index (χ0n) is 18.6. The number of piperidine rings is 1. The number of hydrogen-bond donors (Lipinski definition) is 1. The molecule has 180 valence electrons. The molecular formula is C22H27F3N4O4. The van der Waals surface area contributed by atoms with Gasteiger partial charge in [-0.1, -0.05) is 5.16 Å². The Morgan fingerprint density at radius 3 is 2.33 bits per heavy atom. The number of carboxylic acid groups (broad SMARTS) is 1. The summed E-state index contributed by atoms with van der Waals surface area (Å²) >= 11 is 0. The van der Waals surface area contributed by atoms with Crippen LogP contribution in [0, 0.1) is 19.3 Å². The first-order valence-corrected chi connectivity index (χ1v) is 10.6. The van der Waals surface area contributed by atoms with Crippen LogP contribution >= 0.6 is 0 Å². The summed E-state index contributed by atoms with van der Waals surface area (Å²) in [5, 5.41) is 11.2. The van der Waals surface area contributed by atoms with Gasteiger partial charge in [-0.15, -0.1) is 0 Å². The summed E-state index contributed by atoms with van der Waals surface area (Å²) in [6, 6.07) is 3.68. The first-order chi connectivity index (χ1) is 15.5. The molecular weight excluding hydrogens is 441 g/mol. The lowest BCUT2D eigenvalue weighted by atomic mass is 9.77. The fraction of sp³-hybridized carbons (Fsp3) is 0.545. The molecule has 33 heavy (non-hydrogen) atoms. The fourth-order valence-electron chi connectivity index (χ4n) is 4.33. The molecule has 0 bridgehead atoms. The molecule has 4 rings (SSSR count). The van der Waals surface area contributed by atoms with E-state index in [-0.39, 0.29) is 11.3 Å². The molecule has 2 aliphatic rings. The molecule has 1 amide bonds. The number of carbonyl (C=O) groups is 2. The van der Waals surface area contributed by atoms with E-state index < -0.39 is 12.1 Å². The molecule has 2 saturated heterocycles. The van der Waals surface area contributed by atoms with Gasteiger partial charge in [-0.05, 0) is 63.7 Å². The van der Waals surface area contributed by atoms with Crippen LogP contribution in [0.2, 0.25) is 0 Å². The lowest BCUT2D eigenvalue weighted by Crippen LogP contribution is -2.42. The Morgan fingerprint density at radius 2 is 1.82 bits per heavy atom. The van der Waals surface area contributed by atoms with Crippen molar-refractivity contribution < 1.29 is 32.4 Å². The Morgan fingerprint density at radius 1 is 1.18 bits per heavy atom. The molecule has 4 heterocycles. The van der Waals surface area contributed by atoms with Gasteiger partial charge in [0.2, 0.25) is 0 Å². The summed E-state index contributed by atoms with van der Waals surface area (Å²) in [5.74, 6) is -1.71. The van der Waals surface area contributed by atoms with E-state index in [0.717, 1.165) is 63.4 Å². The van der Waals surface area contributed by atoms with E-state index in [2.05, 4.69) is 15.0 Å². The van der Waals surface area contributed by atoms with Crippen LogP contribution in [-0.2, 0) is 11.3 Å². The highest BCUT2D eigenvalue weighted by molar-refractivity contribution is 5.94. The van der Waals surface area contributed by atoms with Gasteiger partial charge in [-0.3, -0.25) is 14.7 Å². The molecule has 0 radical (unpaired) electrons. The molecule has 0 unspecified atom stereocenters. The van der Waals surface area contributed by atoms with E-state index in [4.69, 9.17) is 14.4 Å². The molecule has 1 spiro atoms. The minimum absolute atomic E-state index is 0.119. The van der Waals surface area contributed by atoms with Crippen molar-refractivity contribution in [2.75, 3.05) is 26.2 Å². The first-order valence-electron chi connectivity index (χ1n) is 10.6. The molecule has 2 aliphatic heterocycles. The zero-order chi connectivity index (χ0) is 24.2. The molecule has 8 nitrogen and oxygen atoms in total. The highest BCUT2D eigenvalue weighted by Crippen LogP contribution is 2.41. The Kier molecular flexibility index (Phi) is 7.41. The molecule has 2 fully saturated rings. The van der Waals surface area contributed by atoms with Gasteiger partial charge in [0.25, 0.3) is 5.91 Å². The largest absolute Gasteiger partial charge is 0.490 e. The molecule has 0 saturated carbocycles. The molecule has 0 aromatic carbocycles. The summed E-state index contributed by atoms with van der Waals surface area (Å²) in [7, 11) is 0. The number of hydrogen-bond acceptors (Lipinski definition) is 6.